The first-order valence-corrected chi connectivity index (χ1v) is 10.5. The Morgan fingerprint density at radius 1 is 0.963 bits per heavy atom. The lowest BCUT2D eigenvalue weighted by Gasteiger charge is -2.12. The topological polar surface area (TPSA) is 69.7 Å². The Morgan fingerprint density at radius 3 is 1.96 bits per heavy atom. The van der Waals surface area contributed by atoms with Gasteiger partial charge in [0.25, 0.3) is 0 Å². The molecule has 0 amide bonds. The number of ether oxygens (including phenoxy) is 2. The van der Waals surface area contributed by atoms with E-state index in [1.54, 1.807) is 18.2 Å². The number of Topliss-reactive ketones (excluding diaryl/α,β-unsaturated/α-hetero) is 1. The summed E-state index contributed by atoms with van der Waals surface area (Å²) in [5, 5.41) is 0.512. The van der Waals surface area contributed by atoms with Crippen molar-refractivity contribution in [2.75, 3.05) is 20.4 Å². The lowest BCUT2D eigenvalue weighted by molar-refractivity contribution is 0.0989. The standard InChI is InChI=1S/C18H16Cl3O5P/c1-25-14-4-3-5-15(26-2)17(14)18(23)27(24)7-6-13(22)16-11(20)8-10(19)9-12(16)21/h3-5,8-9,27H,6-7H2,1-2H3. The van der Waals surface area contributed by atoms with Gasteiger partial charge in [0.15, 0.2) is 5.78 Å². The number of carbonyl (C=O) groups excluding carboxylic acids is 2. The van der Waals surface area contributed by atoms with E-state index in [1.807, 2.05) is 0 Å². The average molecular weight is 450 g/mol. The fourth-order valence-corrected chi connectivity index (χ4v) is 4.72. The first-order valence-electron chi connectivity index (χ1n) is 7.76. The maximum Gasteiger partial charge on any atom is 0.225 e. The molecule has 0 saturated heterocycles. The molecular weight excluding hydrogens is 434 g/mol. The second-order valence-electron chi connectivity index (χ2n) is 5.46. The summed E-state index contributed by atoms with van der Waals surface area (Å²) >= 11 is 17.9. The van der Waals surface area contributed by atoms with Gasteiger partial charge in [-0.05, 0) is 24.3 Å². The summed E-state index contributed by atoms with van der Waals surface area (Å²) in [6.45, 7) is 0. The molecule has 0 aliphatic rings. The van der Waals surface area contributed by atoms with Gasteiger partial charge in [-0.2, -0.15) is 0 Å². The molecule has 144 valence electrons. The Kier molecular flexibility index (Phi) is 7.75. The lowest BCUT2D eigenvalue weighted by Crippen LogP contribution is -2.06. The molecule has 2 aromatic rings. The fourth-order valence-electron chi connectivity index (χ4n) is 2.49. The van der Waals surface area contributed by atoms with Crippen LogP contribution in [-0.2, 0) is 4.57 Å². The van der Waals surface area contributed by atoms with Crippen LogP contribution < -0.4 is 9.47 Å². The Balaban J connectivity index is 2.17. The van der Waals surface area contributed by atoms with Crippen LogP contribution in [0.5, 0.6) is 11.5 Å². The molecule has 2 rings (SSSR count). The van der Waals surface area contributed by atoms with Crippen LogP contribution >= 0.6 is 42.6 Å². The number of hydrogen-bond donors (Lipinski definition) is 0. The molecule has 0 radical (unpaired) electrons. The highest BCUT2D eigenvalue weighted by atomic mass is 35.5. The van der Waals surface area contributed by atoms with Gasteiger partial charge in [-0.25, -0.2) is 0 Å². The van der Waals surface area contributed by atoms with Crippen molar-refractivity contribution < 1.29 is 23.6 Å². The van der Waals surface area contributed by atoms with Gasteiger partial charge in [0.1, 0.15) is 24.9 Å². The first kappa shape index (κ1) is 21.8. The number of benzene rings is 2. The van der Waals surface area contributed by atoms with Gasteiger partial charge in [0, 0.05) is 17.6 Å². The average Bonchev–Trinajstić information content (AvgIpc) is 2.63. The van der Waals surface area contributed by atoms with E-state index < -0.39 is 19.1 Å². The zero-order valence-corrected chi connectivity index (χ0v) is 17.7. The minimum absolute atomic E-state index is 0.0971. The van der Waals surface area contributed by atoms with Crippen molar-refractivity contribution in [2.24, 2.45) is 0 Å². The van der Waals surface area contributed by atoms with E-state index in [9.17, 15) is 14.2 Å². The molecule has 0 bridgehead atoms. The third-order valence-corrected chi connectivity index (χ3v) is 6.05. The van der Waals surface area contributed by atoms with Crippen LogP contribution in [0.15, 0.2) is 30.3 Å². The molecule has 2 aromatic carbocycles. The van der Waals surface area contributed by atoms with E-state index in [4.69, 9.17) is 44.3 Å². The zero-order chi connectivity index (χ0) is 20.1. The normalized spacial score (nSPS) is 11.7. The molecule has 0 fully saturated rings. The lowest BCUT2D eigenvalue weighted by atomic mass is 10.1. The first-order chi connectivity index (χ1) is 12.8. The van der Waals surface area contributed by atoms with Gasteiger partial charge in [-0.3, -0.25) is 9.59 Å². The highest BCUT2D eigenvalue weighted by molar-refractivity contribution is 7.64. The number of carbonyl (C=O) groups is 2. The van der Waals surface area contributed by atoms with Crippen LogP contribution in [0.25, 0.3) is 0 Å². The number of rotatable bonds is 8. The van der Waals surface area contributed by atoms with Gasteiger partial charge in [0.05, 0.1) is 29.8 Å². The summed E-state index contributed by atoms with van der Waals surface area (Å²) < 4.78 is 22.8. The van der Waals surface area contributed by atoms with Gasteiger partial charge >= 0.3 is 0 Å². The second-order valence-corrected chi connectivity index (χ2v) is 8.51. The Hall–Kier alpha value is -1.52. The minimum Gasteiger partial charge on any atom is -0.496 e. The maximum absolute atomic E-state index is 12.6. The van der Waals surface area contributed by atoms with E-state index in [0.29, 0.717) is 5.02 Å². The molecule has 1 unspecified atom stereocenters. The quantitative estimate of drug-likeness (QED) is 0.385. The van der Waals surface area contributed by atoms with E-state index in [0.717, 1.165) is 0 Å². The highest BCUT2D eigenvalue weighted by Gasteiger charge is 2.24. The summed E-state index contributed by atoms with van der Waals surface area (Å²) in [7, 11) is -0.00176. The van der Waals surface area contributed by atoms with Crippen molar-refractivity contribution in [3.05, 3.63) is 56.5 Å². The summed E-state index contributed by atoms with van der Waals surface area (Å²) in [5.74, 6) is 0.0976. The summed E-state index contributed by atoms with van der Waals surface area (Å²) in [6, 6.07) is 7.60. The van der Waals surface area contributed by atoms with Crippen LogP contribution in [0.2, 0.25) is 15.1 Å². The molecule has 0 N–H and O–H groups in total. The number of halogens is 3. The molecule has 0 aromatic heterocycles. The number of ketones is 1. The van der Waals surface area contributed by atoms with E-state index in [1.165, 1.54) is 26.4 Å². The summed E-state index contributed by atoms with van der Waals surface area (Å²) in [5.41, 5.74) is -0.420. The molecular formula is C18H16Cl3O5P. The van der Waals surface area contributed by atoms with Gasteiger partial charge in [-0.15, -0.1) is 0 Å². The molecule has 1 atom stereocenters. The van der Waals surface area contributed by atoms with E-state index in [2.05, 4.69) is 0 Å². The SMILES string of the molecule is COc1cccc(OC)c1C(=O)[PH](=O)CCC(=O)c1c(Cl)cc(Cl)cc1Cl. The highest BCUT2D eigenvalue weighted by Crippen LogP contribution is 2.38. The summed E-state index contributed by atoms with van der Waals surface area (Å²) in [6.07, 6.45) is -0.277. The maximum atomic E-state index is 12.6. The van der Waals surface area contributed by atoms with Crippen LogP contribution in [0.1, 0.15) is 27.1 Å². The molecule has 0 aliphatic heterocycles. The van der Waals surface area contributed by atoms with Crippen molar-refractivity contribution >= 4 is 53.9 Å². The zero-order valence-electron chi connectivity index (χ0n) is 14.5. The predicted molar refractivity (Wildman–Crippen MR) is 108 cm³/mol. The van der Waals surface area contributed by atoms with Crippen molar-refractivity contribution in [3.63, 3.8) is 0 Å². The van der Waals surface area contributed by atoms with Crippen LogP contribution in [0.4, 0.5) is 0 Å². The van der Waals surface area contributed by atoms with Crippen molar-refractivity contribution in [2.45, 2.75) is 6.42 Å². The molecule has 27 heavy (non-hydrogen) atoms. The Labute approximate surface area is 172 Å². The molecule has 5 nitrogen and oxygen atoms in total. The third kappa shape index (κ3) is 5.05. The largest absolute Gasteiger partial charge is 0.496 e. The molecule has 0 spiro atoms. The fraction of sp³-hybridized carbons (Fsp3) is 0.222. The molecule has 0 aliphatic carbocycles. The van der Waals surface area contributed by atoms with Crippen LogP contribution in [0.3, 0.4) is 0 Å². The summed E-state index contributed by atoms with van der Waals surface area (Å²) in [4.78, 5) is 25.0. The number of methoxy groups -OCH3 is 2. The van der Waals surface area contributed by atoms with Crippen molar-refractivity contribution in [1.82, 2.24) is 0 Å². The minimum atomic E-state index is -2.80. The molecule has 9 heteroatoms. The molecule has 0 saturated carbocycles. The van der Waals surface area contributed by atoms with Crippen molar-refractivity contribution in [3.8, 4) is 11.5 Å². The second kappa shape index (κ2) is 9.61. The predicted octanol–water partition coefficient (Wildman–Crippen LogP) is 5.64. The van der Waals surface area contributed by atoms with E-state index >= 15 is 0 Å². The monoisotopic (exact) mass is 448 g/mol. The van der Waals surface area contributed by atoms with Crippen LogP contribution in [-0.4, -0.2) is 31.7 Å². The van der Waals surface area contributed by atoms with Gasteiger partial charge in [0.2, 0.25) is 5.52 Å². The molecule has 0 heterocycles. The van der Waals surface area contributed by atoms with Crippen molar-refractivity contribution in [1.29, 1.82) is 0 Å². The van der Waals surface area contributed by atoms with Gasteiger partial charge < -0.3 is 14.0 Å². The smallest absolute Gasteiger partial charge is 0.225 e. The third-order valence-electron chi connectivity index (χ3n) is 3.77. The Morgan fingerprint density at radius 2 is 1.48 bits per heavy atom. The van der Waals surface area contributed by atoms with E-state index in [-0.39, 0.29) is 45.3 Å². The van der Waals surface area contributed by atoms with Gasteiger partial charge in [-0.1, -0.05) is 40.9 Å². The van der Waals surface area contributed by atoms with Crippen LogP contribution in [0, 0.1) is 0 Å². The number of hydrogen-bond acceptors (Lipinski definition) is 5. The Bertz CT molecular complexity index is 869.